The number of rotatable bonds is 5. The Kier molecular flexibility index (Phi) is 10.2. The summed E-state index contributed by atoms with van der Waals surface area (Å²) in [5.74, 6) is 0. The number of thiophene rings is 3. The summed E-state index contributed by atoms with van der Waals surface area (Å²) < 4.78 is 99.9. The van der Waals surface area contributed by atoms with Crippen LogP contribution < -0.4 is 0 Å². The smallest absolute Gasteiger partial charge is 0.307 e. The maximum atomic E-state index is 15.0. The number of hydrogen-bond donors (Lipinski definition) is 0. The van der Waals surface area contributed by atoms with Crippen LogP contribution in [0.4, 0.5) is 26.3 Å². The molecule has 0 N–H and O–H groups in total. The lowest BCUT2D eigenvalue weighted by Gasteiger charge is -2.29. The highest BCUT2D eigenvalue weighted by atomic mass is 32.1. The van der Waals surface area contributed by atoms with Gasteiger partial charge in [-0.25, -0.2) is 0 Å². The molecule has 0 spiro atoms. The minimum absolute atomic E-state index is 0.157. The zero-order valence-corrected chi connectivity index (χ0v) is 44.5. The van der Waals surface area contributed by atoms with Crippen LogP contribution >= 0.6 is 34.0 Å². The van der Waals surface area contributed by atoms with Gasteiger partial charge in [-0.1, -0.05) is 127 Å². The predicted octanol–water partition coefficient (Wildman–Crippen LogP) is 21.9. The maximum absolute atomic E-state index is 15.0. The number of hydrogen-bond acceptors (Lipinski definition) is 4. The zero-order chi connectivity index (χ0) is 54.6. The second-order valence-electron chi connectivity index (χ2n) is 20.3. The van der Waals surface area contributed by atoms with Gasteiger partial charge in [0.1, 0.15) is 11.6 Å². The van der Waals surface area contributed by atoms with Crippen molar-refractivity contribution in [2.24, 2.45) is 0 Å². The fraction of sp³-hybridized carbons (Fsp3) is 0.0290. The summed E-state index contributed by atoms with van der Waals surface area (Å²) in [7, 11) is 0. The molecule has 0 amide bonds. The van der Waals surface area contributed by atoms with E-state index in [1.54, 1.807) is 46.1 Å². The van der Waals surface area contributed by atoms with E-state index in [0.717, 1.165) is 94.9 Å². The average molecular weight is 1120 g/mol. The van der Waals surface area contributed by atoms with Crippen molar-refractivity contribution in [2.45, 2.75) is 12.4 Å². The summed E-state index contributed by atoms with van der Waals surface area (Å²) in [6.07, 6.45) is -9.34. The van der Waals surface area contributed by atoms with Crippen molar-refractivity contribution >= 4 is 138 Å². The van der Waals surface area contributed by atoms with Gasteiger partial charge in [-0.15, -0.1) is 34.0 Å². The van der Waals surface area contributed by atoms with Gasteiger partial charge in [0.05, 0.1) is 44.6 Å². The van der Waals surface area contributed by atoms with Crippen LogP contribution in [0.1, 0.15) is 16.7 Å². The Bertz CT molecular complexity index is 5160. The summed E-state index contributed by atoms with van der Waals surface area (Å²) >= 11 is 4.97. The molecule has 0 atom stereocenters. The molecule has 0 aliphatic carbocycles. The molecule has 0 radical (unpaired) electrons. The van der Waals surface area contributed by atoms with Gasteiger partial charge in [-0.3, -0.25) is 0 Å². The van der Waals surface area contributed by atoms with Crippen LogP contribution in [0, 0.1) is 11.3 Å². The number of benzene rings is 11. The van der Waals surface area contributed by atoms with E-state index in [1.807, 2.05) is 94.1 Å². The van der Waals surface area contributed by atoms with Gasteiger partial charge in [0.2, 0.25) is 0 Å². The molecule has 5 aromatic heterocycles. The first-order chi connectivity index (χ1) is 39.4. The summed E-state index contributed by atoms with van der Waals surface area (Å²) in [6, 6.07) is 68.6. The van der Waals surface area contributed by atoms with Crippen LogP contribution in [0.15, 0.2) is 212 Å². The topological polar surface area (TPSA) is 33.6 Å². The van der Waals surface area contributed by atoms with Crippen molar-refractivity contribution in [3.63, 3.8) is 0 Å². The maximum Gasteiger partial charge on any atom is 0.416 e. The zero-order valence-electron chi connectivity index (χ0n) is 42.0. The lowest BCUT2D eigenvalue weighted by molar-refractivity contribution is -0.138. The Hall–Kier alpha value is -9.25. The van der Waals surface area contributed by atoms with E-state index in [0.29, 0.717) is 66.1 Å². The number of halogens is 6. The van der Waals surface area contributed by atoms with Crippen LogP contribution in [0.25, 0.3) is 149 Å². The van der Waals surface area contributed by atoms with Gasteiger partial charge < -0.3 is 9.13 Å². The first-order valence-corrected chi connectivity index (χ1v) is 28.5. The van der Waals surface area contributed by atoms with E-state index >= 15 is 0 Å². The van der Waals surface area contributed by atoms with Crippen LogP contribution in [0.3, 0.4) is 0 Å². The van der Waals surface area contributed by atoms with Gasteiger partial charge in [-0.05, 0) is 102 Å². The van der Waals surface area contributed by atoms with Crippen molar-refractivity contribution in [3.8, 4) is 50.8 Å². The molecule has 16 aromatic rings. The predicted molar refractivity (Wildman–Crippen MR) is 325 cm³/mol. The number of nitrogens with zero attached hydrogens (tertiary/aromatic N) is 3. The van der Waals surface area contributed by atoms with Gasteiger partial charge in [-0.2, -0.15) is 31.6 Å². The van der Waals surface area contributed by atoms with Crippen LogP contribution in [0.2, 0.25) is 0 Å². The molecular weight excluding hydrogens is 1080 g/mol. The third kappa shape index (κ3) is 6.92. The highest BCUT2D eigenvalue weighted by molar-refractivity contribution is 7.26. The molecule has 16 rings (SSSR count). The lowest BCUT2D eigenvalue weighted by Crippen LogP contribution is -2.11. The Morgan fingerprint density at radius 2 is 0.642 bits per heavy atom. The van der Waals surface area contributed by atoms with Crippen LogP contribution in [-0.4, -0.2) is 9.13 Å². The minimum atomic E-state index is -4.67. The van der Waals surface area contributed by atoms with Crippen molar-refractivity contribution in [1.29, 1.82) is 5.26 Å². The summed E-state index contributed by atoms with van der Waals surface area (Å²) in [4.78, 5) is 0. The summed E-state index contributed by atoms with van der Waals surface area (Å²) in [5, 5.41) is 20.3. The molecule has 386 valence electrons. The van der Waals surface area contributed by atoms with Crippen LogP contribution in [0.5, 0.6) is 0 Å². The Balaban J connectivity index is 1.26. The van der Waals surface area contributed by atoms with E-state index in [4.69, 9.17) is 0 Å². The van der Waals surface area contributed by atoms with E-state index in [2.05, 4.69) is 84.9 Å². The van der Waals surface area contributed by atoms with E-state index in [1.165, 1.54) is 24.3 Å². The summed E-state index contributed by atoms with van der Waals surface area (Å²) in [6.45, 7) is 0. The molecule has 3 nitrogen and oxygen atoms in total. The second kappa shape index (κ2) is 17.4. The normalized spacial score (nSPS) is 12.6. The van der Waals surface area contributed by atoms with Crippen molar-refractivity contribution in [3.05, 3.63) is 229 Å². The number of nitriles is 1. The number of alkyl halides is 6. The molecule has 0 saturated heterocycles. The minimum Gasteiger partial charge on any atom is -0.307 e. The monoisotopic (exact) mass is 1120 g/mol. The molecule has 0 unspecified atom stereocenters. The molecule has 0 bridgehead atoms. The molecule has 11 aromatic carbocycles. The van der Waals surface area contributed by atoms with Gasteiger partial charge in [0.15, 0.2) is 0 Å². The Labute approximate surface area is 468 Å². The SMILES string of the molecule is N#Cc1c(-n2c3ccccc3c3cc(C(F)(F)F)ccc32)c(-c2cccc3sc4ccccc4c23)c(-c2cccc3sc4ccccc4c23)c(-c2cccc3sc4ccccc4c23)c1-n1c2ccccc2c2cc(C(F)(F)F)ccc21. The second-order valence-corrected chi connectivity index (χ2v) is 23.6. The quantitative estimate of drug-likeness (QED) is 0.158. The molecule has 5 heterocycles. The molecule has 0 saturated carbocycles. The fourth-order valence-corrected chi connectivity index (χ4v) is 16.2. The molecule has 81 heavy (non-hydrogen) atoms. The van der Waals surface area contributed by atoms with Gasteiger partial charge in [0.25, 0.3) is 0 Å². The van der Waals surface area contributed by atoms with E-state index in [9.17, 15) is 31.6 Å². The van der Waals surface area contributed by atoms with Gasteiger partial charge in [0, 0.05) is 98.8 Å². The number of fused-ring (bicyclic) bond motifs is 15. The standard InChI is InChI=1S/C69H35F6N3S3/c70-68(71,72)37-30-32-52-47(34-37)39-14-1-6-22-50(39)77(52)66-49(36-76)67(78-51-23-7-2-15-40(51)48-35-38(69(73,74)75)31-33-53(48)78)65(46-21-13-29-59-62(46)43-18-5-10-26-56(43)81-59)63(44-19-11-27-57-60(44)41-16-3-8-24-54(41)79-57)64(66)45-20-12-28-58-61(45)42-17-4-9-25-55(42)80-58/h1-35H. The third-order valence-corrected chi connectivity index (χ3v) is 19.4. The van der Waals surface area contributed by atoms with E-state index in [-0.39, 0.29) is 5.56 Å². The molecule has 0 aliphatic rings. The van der Waals surface area contributed by atoms with Crippen molar-refractivity contribution in [1.82, 2.24) is 9.13 Å². The molecule has 12 heteroatoms. The molecule has 0 aliphatic heterocycles. The average Bonchev–Trinajstić information content (AvgIpc) is 4.49. The number of para-hydroxylation sites is 2. The Morgan fingerprint density at radius 3 is 1.01 bits per heavy atom. The third-order valence-electron chi connectivity index (χ3n) is 16.0. The molecule has 0 fully saturated rings. The summed E-state index contributed by atoms with van der Waals surface area (Å²) in [5.41, 5.74) is 5.72. The first kappa shape index (κ1) is 47.7. The van der Waals surface area contributed by atoms with Crippen molar-refractivity contribution < 1.29 is 26.3 Å². The lowest BCUT2D eigenvalue weighted by atomic mass is 9.80. The number of aromatic nitrogens is 2. The molecular formula is C69H35F6N3S3. The fourth-order valence-electron chi connectivity index (χ4n) is 12.8. The Morgan fingerprint density at radius 1 is 0.321 bits per heavy atom. The highest BCUT2D eigenvalue weighted by Crippen LogP contribution is 2.58. The van der Waals surface area contributed by atoms with Crippen LogP contribution in [-0.2, 0) is 12.4 Å². The highest BCUT2D eigenvalue weighted by Gasteiger charge is 2.37. The first-order valence-electron chi connectivity index (χ1n) is 26.0. The van der Waals surface area contributed by atoms with Crippen molar-refractivity contribution in [2.75, 3.05) is 0 Å². The van der Waals surface area contributed by atoms with E-state index < -0.39 is 23.5 Å². The largest absolute Gasteiger partial charge is 0.416 e. The van der Waals surface area contributed by atoms with Gasteiger partial charge >= 0.3 is 12.4 Å².